The van der Waals surface area contributed by atoms with Crippen molar-refractivity contribution in [1.29, 1.82) is 0 Å². The fourth-order valence-electron chi connectivity index (χ4n) is 2.37. The second kappa shape index (κ2) is 8.59. The number of guanidine groups is 1. The Labute approximate surface area is 121 Å². The van der Waals surface area contributed by atoms with Gasteiger partial charge < -0.3 is 15.0 Å². The van der Waals surface area contributed by atoms with Crippen LogP contribution in [0.3, 0.4) is 0 Å². The molecule has 1 N–H and O–H groups in total. The monoisotopic (exact) mass is 275 g/mol. The smallest absolute Gasteiger partial charge is 0.198 e. The molecule has 0 atom stereocenters. The predicted molar refractivity (Wildman–Crippen MR) is 84.3 cm³/mol. The van der Waals surface area contributed by atoms with E-state index in [-0.39, 0.29) is 0 Å². The van der Waals surface area contributed by atoms with Crippen LogP contribution >= 0.6 is 0 Å². The number of hydrogen-bond acceptors (Lipinski definition) is 2. The van der Waals surface area contributed by atoms with Gasteiger partial charge in [-0.2, -0.15) is 0 Å². The zero-order valence-electron chi connectivity index (χ0n) is 12.3. The number of rotatable bonds is 5. The molecule has 1 aliphatic rings. The van der Waals surface area contributed by atoms with Gasteiger partial charge in [-0.25, -0.2) is 0 Å². The average molecular weight is 275 g/mol. The van der Waals surface area contributed by atoms with Crippen LogP contribution in [-0.4, -0.2) is 44.2 Å². The minimum Gasteiger partial charge on any atom is -0.385 e. The second-order valence-electron chi connectivity index (χ2n) is 5.09. The summed E-state index contributed by atoms with van der Waals surface area (Å²) in [5, 5.41) is 3.46. The lowest BCUT2D eigenvalue weighted by Crippen LogP contribution is -2.40. The summed E-state index contributed by atoms with van der Waals surface area (Å²) >= 11 is 0. The van der Waals surface area contributed by atoms with Gasteiger partial charge in [-0.15, -0.1) is 0 Å². The number of aliphatic imine (C=N–C) groups is 1. The third kappa shape index (κ3) is 4.85. The molecule has 0 aliphatic carbocycles. The molecular formula is C16H25N3O. The number of benzene rings is 1. The summed E-state index contributed by atoms with van der Waals surface area (Å²) in [6.07, 6.45) is 4.81. The molecule has 0 radical (unpaired) electrons. The third-order valence-corrected chi connectivity index (χ3v) is 3.45. The highest BCUT2D eigenvalue weighted by Gasteiger charge is 2.14. The first-order valence-corrected chi connectivity index (χ1v) is 7.50. The van der Waals surface area contributed by atoms with Crippen molar-refractivity contribution in [3.05, 3.63) is 30.3 Å². The van der Waals surface area contributed by atoms with Gasteiger partial charge in [-0.05, 0) is 37.8 Å². The summed E-state index contributed by atoms with van der Waals surface area (Å²) in [6.45, 7) is 3.77. The molecule has 1 aromatic carbocycles. The number of para-hydroxylation sites is 1. The first-order chi connectivity index (χ1) is 9.90. The Kier molecular flexibility index (Phi) is 6.38. The standard InChI is InChI=1S/C16H25N3O/c1-20-14-8-11-17-16(19-12-6-3-7-13-19)18-15-9-4-2-5-10-15/h2,4-5,9-10H,3,6-8,11-14H2,1H3,(H,17,18). The second-order valence-corrected chi connectivity index (χ2v) is 5.09. The van der Waals surface area contributed by atoms with E-state index in [9.17, 15) is 0 Å². The minimum absolute atomic E-state index is 0.766. The van der Waals surface area contributed by atoms with Gasteiger partial charge in [0.2, 0.25) is 0 Å². The molecule has 20 heavy (non-hydrogen) atoms. The van der Waals surface area contributed by atoms with E-state index in [1.54, 1.807) is 7.11 Å². The largest absolute Gasteiger partial charge is 0.385 e. The Morgan fingerprint density at radius 2 is 1.95 bits per heavy atom. The molecule has 4 heteroatoms. The Bertz CT molecular complexity index is 399. The molecule has 0 aromatic heterocycles. The van der Waals surface area contributed by atoms with Crippen molar-refractivity contribution in [3.8, 4) is 0 Å². The molecule has 0 saturated carbocycles. The van der Waals surface area contributed by atoms with Crippen molar-refractivity contribution in [2.24, 2.45) is 4.99 Å². The van der Waals surface area contributed by atoms with Crippen LogP contribution in [0, 0.1) is 0 Å². The number of nitrogens with one attached hydrogen (secondary N) is 1. The lowest BCUT2D eigenvalue weighted by Gasteiger charge is -2.30. The maximum Gasteiger partial charge on any atom is 0.198 e. The van der Waals surface area contributed by atoms with Crippen molar-refractivity contribution in [3.63, 3.8) is 0 Å². The normalized spacial score (nSPS) is 16.2. The number of anilines is 1. The Morgan fingerprint density at radius 1 is 1.20 bits per heavy atom. The van der Waals surface area contributed by atoms with Crippen LogP contribution in [0.5, 0.6) is 0 Å². The zero-order chi connectivity index (χ0) is 14.0. The highest BCUT2D eigenvalue weighted by atomic mass is 16.5. The molecule has 2 rings (SSSR count). The van der Waals surface area contributed by atoms with Crippen molar-refractivity contribution in [2.75, 3.05) is 38.7 Å². The van der Waals surface area contributed by atoms with Gasteiger partial charge in [0.15, 0.2) is 5.96 Å². The Balaban J connectivity index is 1.98. The molecule has 110 valence electrons. The molecular weight excluding hydrogens is 250 g/mol. The van der Waals surface area contributed by atoms with E-state index in [0.29, 0.717) is 0 Å². The van der Waals surface area contributed by atoms with Crippen LogP contribution in [0.15, 0.2) is 35.3 Å². The van der Waals surface area contributed by atoms with Crippen LogP contribution in [0.2, 0.25) is 0 Å². The van der Waals surface area contributed by atoms with Gasteiger partial charge in [-0.3, -0.25) is 4.99 Å². The molecule has 0 spiro atoms. The fourth-order valence-corrected chi connectivity index (χ4v) is 2.37. The molecule has 0 bridgehead atoms. The Morgan fingerprint density at radius 3 is 2.65 bits per heavy atom. The van der Waals surface area contributed by atoms with E-state index in [1.165, 1.54) is 19.3 Å². The van der Waals surface area contributed by atoms with Gasteiger partial charge in [0.1, 0.15) is 0 Å². The van der Waals surface area contributed by atoms with Crippen LogP contribution < -0.4 is 5.32 Å². The van der Waals surface area contributed by atoms with E-state index in [1.807, 2.05) is 18.2 Å². The van der Waals surface area contributed by atoms with Crippen molar-refractivity contribution in [2.45, 2.75) is 25.7 Å². The molecule has 0 amide bonds. The summed E-state index contributed by atoms with van der Waals surface area (Å²) in [5.74, 6) is 1.01. The van der Waals surface area contributed by atoms with Gasteiger partial charge >= 0.3 is 0 Å². The number of hydrogen-bond donors (Lipinski definition) is 1. The van der Waals surface area contributed by atoms with Gasteiger partial charge in [0.25, 0.3) is 0 Å². The SMILES string of the molecule is COCCCN=C(Nc1ccccc1)N1CCCCC1. The molecule has 1 aliphatic heterocycles. The van der Waals surface area contributed by atoms with Crippen LogP contribution in [-0.2, 0) is 4.74 Å². The molecule has 0 unspecified atom stereocenters. The van der Waals surface area contributed by atoms with E-state index in [2.05, 4.69) is 22.3 Å². The molecule has 1 heterocycles. The molecule has 1 fully saturated rings. The van der Waals surface area contributed by atoms with Crippen LogP contribution in [0.4, 0.5) is 5.69 Å². The summed E-state index contributed by atoms with van der Waals surface area (Å²) in [4.78, 5) is 7.10. The van der Waals surface area contributed by atoms with E-state index < -0.39 is 0 Å². The van der Waals surface area contributed by atoms with Crippen molar-refractivity contribution >= 4 is 11.6 Å². The first-order valence-electron chi connectivity index (χ1n) is 7.50. The van der Waals surface area contributed by atoms with Crippen molar-refractivity contribution in [1.82, 2.24) is 4.90 Å². The minimum atomic E-state index is 0.766. The highest BCUT2D eigenvalue weighted by molar-refractivity contribution is 5.93. The van der Waals surface area contributed by atoms with E-state index in [4.69, 9.17) is 9.73 Å². The number of nitrogens with zero attached hydrogens (tertiary/aromatic N) is 2. The highest BCUT2D eigenvalue weighted by Crippen LogP contribution is 2.12. The molecule has 4 nitrogen and oxygen atoms in total. The van der Waals surface area contributed by atoms with Crippen LogP contribution in [0.1, 0.15) is 25.7 Å². The number of ether oxygens (including phenoxy) is 1. The average Bonchev–Trinajstić information content (AvgIpc) is 2.52. The zero-order valence-corrected chi connectivity index (χ0v) is 12.3. The predicted octanol–water partition coefficient (Wildman–Crippen LogP) is 2.98. The van der Waals surface area contributed by atoms with Gasteiger partial charge in [0.05, 0.1) is 0 Å². The molecule has 1 aromatic rings. The van der Waals surface area contributed by atoms with Gasteiger partial charge in [-0.1, -0.05) is 18.2 Å². The summed E-state index contributed by atoms with van der Waals surface area (Å²) in [5.41, 5.74) is 1.10. The maximum atomic E-state index is 5.08. The van der Waals surface area contributed by atoms with Gasteiger partial charge in [0, 0.05) is 39.0 Å². The lowest BCUT2D eigenvalue weighted by molar-refractivity contribution is 0.197. The number of methoxy groups -OCH3 is 1. The number of likely N-dealkylation sites (tertiary alicyclic amines) is 1. The topological polar surface area (TPSA) is 36.9 Å². The lowest BCUT2D eigenvalue weighted by atomic mass is 10.1. The third-order valence-electron chi connectivity index (χ3n) is 3.45. The van der Waals surface area contributed by atoms with Crippen molar-refractivity contribution < 1.29 is 4.74 Å². The van der Waals surface area contributed by atoms with Crippen LogP contribution in [0.25, 0.3) is 0 Å². The summed E-state index contributed by atoms with van der Waals surface area (Å²) < 4.78 is 5.08. The summed E-state index contributed by atoms with van der Waals surface area (Å²) in [6, 6.07) is 10.3. The first kappa shape index (κ1) is 14.9. The quantitative estimate of drug-likeness (QED) is 0.510. The van der Waals surface area contributed by atoms with E-state index in [0.717, 1.165) is 44.3 Å². The Hall–Kier alpha value is -1.55. The molecule has 1 saturated heterocycles. The fraction of sp³-hybridized carbons (Fsp3) is 0.562. The van der Waals surface area contributed by atoms with E-state index >= 15 is 0 Å². The number of piperidine rings is 1. The maximum absolute atomic E-state index is 5.08. The summed E-state index contributed by atoms with van der Waals surface area (Å²) in [7, 11) is 1.73.